The van der Waals surface area contributed by atoms with Crippen LogP contribution in [-0.4, -0.2) is 59.3 Å². The van der Waals surface area contributed by atoms with Crippen LogP contribution in [0.2, 0.25) is 0 Å². The average molecular weight is 338 g/mol. The van der Waals surface area contributed by atoms with Crippen LogP contribution in [0.25, 0.3) is 10.1 Å². The molecule has 2 aromatic rings. The summed E-state index contributed by atoms with van der Waals surface area (Å²) in [4.78, 5) is 15.0. The number of amides is 1. The Balaban J connectivity index is 2.38. The van der Waals surface area contributed by atoms with Gasteiger partial charge in [0.1, 0.15) is 10.6 Å². The highest BCUT2D eigenvalue weighted by Gasteiger charge is 2.21. The van der Waals surface area contributed by atoms with E-state index in [-0.39, 0.29) is 5.91 Å². The molecule has 126 valence electrons. The molecule has 0 fully saturated rings. The molecule has 0 spiro atoms. The number of likely N-dealkylation sites (N-methyl/N-ethyl adjacent to an activating group) is 1. The Morgan fingerprint density at radius 2 is 1.78 bits per heavy atom. The van der Waals surface area contributed by atoms with E-state index in [1.165, 1.54) is 11.3 Å². The molecule has 23 heavy (non-hydrogen) atoms. The normalized spacial score (nSPS) is 10.9. The lowest BCUT2D eigenvalue weighted by Crippen LogP contribution is -2.31. The summed E-state index contributed by atoms with van der Waals surface area (Å²) < 4.78 is 17.0. The lowest BCUT2D eigenvalue weighted by atomic mass is 10.2. The molecule has 0 saturated carbocycles. The standard InChI is InChI=1S/C16H22N2O4S/c1-18(2)7-6-17-16(19)15-14(22-5)10-8-11(20-3)12(21-4)9-13(10)23-15/h8-9H,6-7H2,1-5H3,(H,17,19). The van der Waals surface area contributed by atoms with Gasteiger partial charge in [-0.25, -0.2) is 0 Å². The second-order valence-electron chi connectivity index (χ2n) is 5.23. The minimum absolute atomic E-state index is 0.136. The largest absolute Gasteiger partial charge is 0.494 e. The Hall–Kier alpha value is -1.99. The van der Waals surface area contributed by atoms with Gasteiger partial charge in [-0.05, 0) is 20.2 Å². The zero-order valence-electron chi connectivity index (χ0n) is 14.1. The summed E-state index contributed by atoms with van der Waals surface area (Å²) in [5, 5.41) is 3.75. The van der Waals surface area contributed by atoms with Crippen molar-refractivity contribution in [1.29, 1.82) is 0 Å². The minimum Gasteiger partial charge on any atom is -0.494 e. The lowest BCUT2D eigenvalue weighted by Gasteiger charge is -2.10. The fraction of sp³-hybridized carbons (Fsp3) is 0.438. The number of methoxy groups -OCH3 is 3. The third kappa shape index (κ3) is 3.68. The van der Waals surface area contributed by atoms with Gasteiger partial charge in [-0.2, -0.15) is 0 Å². The number of thiophene rings is 1. The Morgan fingerprint density at radius 3 is 2.35 bits per heavy atom. The molecule has 1 heterocycles. The van der Waals surface area contributed by atoms with Crippen molar-refractivity contribution in [2.75, 3.05) is 48.5 Å². The van der Waals surface area contributed by atoms with Crippen LogP contribution in [-0.2, 0) is 0 Å². The lowest BCUT2D eigenvalue weighted by molar-refractivity contribution is 0.0952. The van der Waals surface area contributed by atoms with Crippen molar-refractivity contribution < 1.29 is 19.0 Å². The number of carbonyl (C=O) groups excluding carboxylic acids is 1. The van der Waals surface area contributed by atoms with Crippen LogP contribution in [0.4, 0.5) is 0 Å². The quantitative estimate of drug-likeness (QED) is 0.839. The van der Waals surface area contributed by atoms with Crippen LogP contribution in [0.3, 0.4) is 0 Å². The van der Waals surface area contributed by atoms with Gasteiger partial charge in [0.15, 0.2) is 11.5 Å². The third-order valence-electron chi connectivity index (χ3n) is 3.40. The van der Waals surface area contributed by atoms with Crippen molar-refractivity contribution in [3.63, 3.8) is 0 Å². The molecular weight excluding hydrogens is 316 g/mol. The molecule has 1 amide bonds. The van der Waals surface area contributed by atoms with Gasteiger partial charge in [0.25, 0.3) is 5.91 Å². The van der Waals surface area contributed by atoms with Crippen molar-refractivity contribution in [2.45, 2.75) is 0 Å². The van der Waals surface area contributed by atoms with Crippen LogP contribution in [0.5, 0.6) is 17.2 Å². The van der Waals surface area contributed by atoms with Gasteiger partial charge in [0.2, 0.25) is 0 Å². The van der Waals surface area contributed by atoms with E-state index in [1.54, 1.807) is 21.3 Å². The Morgan fingerprint density at radius 1 is 1.13 bits per heavy atom. The fourth-order valence-electron chi connectivity index (χ4n) is 2.23. The van der Waals surface area contributed by atoms with Crippen molar-refractivity contribution in [1.82, 2.24) is 10.2 Å². The molecule has 0 atom stereocenters. The molecule has 7 heteroatoms. The minimum atomic E-state index is -0.136. The average Bonchev–Trinajstić information content (AvgIpc) is 2.90. The zero-order valence-corrected chi connectivity index (χ0v) is 14.9. The molecule has 1 aromatic carbocycles. The molecule has 0 unspecified atom stereocenters. The summed E-state index contributed by atoms with van der Waals surface area (Å²) >= 11 is 1.38. The Kier molecular flexibility index (Phi) is 5.68. The molecule has 0 aliphatic rings. The van der Waals surface area contributed by atoms with Gasteiger partial charge in [-0.3, -0.25) is 4.79 Å². The zero-order chi connectivity index (χ0) is 17.0. The van der Waals surface area contributed by atoms with E-state index >= 15 is 0 Å². The maximum absolute atomic E-state index is 12.4. The summed E-state index contributed by atoms with van der Waals surface area (Å²) in [5.74, 6) is 1.66. The smallest absolute Gasteiger partial charge is 0.265 e. The highest BCUT2D eigenvalue weighted by molar-refractivity contribution is 7.21. The monoisotopic (exact) mass is 338 g/mol. The van der Waals surface area contributed by atoms with E-state index in [0.29, 0.717) is 28.7 Å². The number of nitrogens with zero attached hydrogens (tertiary/aromatic N) is 1. The molecule has 0 saturated heterocycles. The van der Waals surface area contributed by atoms with Crippen LogP contribution in [0.1, 0.15) is 9.67 Å². The summed E-state index contributed by atoms with van der Waals surface area (Å²) in [6.07, 6.45) is 0. The summed E-state index contributed by atoms with van der Waals surface area (Å²) in [6.45, 7) is 1.36. The fourth-order valence-corrected chi connectivity index (χ4v) is 3.32. The SMILES string of the molecule is COc1cc2sc(C(=O)NCCN(C)C)c(OC)c2cc1OC. The molecule has 1 N–H and O–H groups in total. The molecule has 0 radical (unpaired) electrons. The van der Waals surface area contributed by atoms with Crippen molar-refractivity contribution in [2.24, 2.45) is 0 Å². The molecular formula is C16H22N2O4S. The van der Waals surface area contributed by atoms with Crippen molar-refractivity contribution >= 4 is 27.3 Å². The molecule has 0 bridgehead atoms. The highest BCUT2D eigenvalue weighted by atomic mass is 32.1. The molecule has 1 aromatic heterocycles. The second kappa shape index (κ2) is 7.52. The number of carbonyl (C=O) groups is 1. The predicted molar refractivity (Wildman–Crippen MR) is 92.4 cm³/mol. The van der Waals surface area contributed by atoms with Gasteiger partial charge in [0, 0.05) is 29.2 Å². The molecule has 2 rings (SSSR count). The number of hydrogen-bond donors (Lipinski definition) is 1. The maximum Gasteiger partial charge on any atom is 0.265 e. The van der Waals surface area contributed by atoms with E-state index in [4.69, 9.17) is 14.2 Å². The number of hydrogen-bond acceptors (Lipinski definition) is 6. The summed E-state index contributed by atoms with van der Waals surface area (Å²) in [6, 6.07) is 3.69. The van der Waals surface area contributed by atoms with Gasteiger partial charge >= 0.3 is 0 Å². The van der Waals surface area contributed by atoms with E-state index in [9.17, 15) is 4.79 Å². The van der Waals surface area contributed by atoms with Crippen LogP contribution in [0, 0.1) is 0 Å². The van der Waals surface area contributed by atoms with E-state index in [0.717, 1.165) is 16.6 Å². The topological polar surface area (TPSA) is 60.0 Å². The first-order valence-electron chi connectivity index (χ1n) is 7.17. The maximum atomic E-state index is 12.4. The molecule has 0 aliphatic carbocycles. The first kappa shape index (κ1) is 17.4. The van der Waals surface area contributed by atoms with E-state index < -0.39 is 0 Å². The number of fused-ring (bicyclic) bond motifs is 1. The summed E-state index contributed by atoms with van der Waals surface area (Å²) in [5.41, 5.74) is 0. The van der Waals surface area contributed by atoms with Crippen molar-refractivity contribution in [3.8, 4) is 17.2 Å². The first-order chi connectivity index (χ1) is 11.0. The number of benzene rings is 1. The van der Waals surface area contributed by atoms with Crippen LogP contribution in [0.15, 0.2) is 12.1 Å². The molecule has 6 nitrogen and oxygen atoms in total. The highest BCUT2D eigenvalue weighted by Crippen LogP contribution is 2.43. The van der Waals surface area contributed by atoms with E-state index in [2.05, 4.69) is 5.32 Å². The van der Waals surface area contributed by atoms with Gasteiger partial charge in [-0.1, -0.05) is 0 Å². The van der Waals surface area contributed by atoms with Gasteiger partial charge in [-0.15, -0.1) is 11.3 Å². The van der Waals surface area contributed by atoms with E-state index in [1.807, 2.05) is 31.1 Å². The Bertz CT molecular complexity index is 697. The number of nitrogens with one attached hydrogen (secondary N) is 1. The molecule has 0 aliphatic heterocycles. The predicted octanol–water partition coefficient (Wildman–Crippen LogP) is 2.22. The number of rotatable bonds is 7. The van der Waals surface area contributed by atoms with Crippen LogP contribution >= 0.6 is 11.3 Å². The van der Waals surface area contributed by atoms with Gasteiger partial charge < -0.3 is 24.4 Å². The Labute approximate surface area is 139 Å². The first-order valence-corrected chi connectivity index (χ1v) is 7.98. The third-order valence-corrected chi connectivity index (χ3v) is 4.54. The van der Waals surface area contributed by atoms with Crippen LogP contribution < -0.4 is 19.5 Å². The van der Waals surface area contributed by atoms with Gasteiger partial charge in [0.05, 0.1) is 21.3 Å². The van der Waals surface area contributed by atoms with Crippen molar-refractivity contribution in [3.05, 3.63) is 17.0 Å². The number of ether oxygens (including phenoxy) is 3. The summed E-state index contributed by atoms with van der Waals surface area (Å²) in [7, 11) is 8.66. The second-order valence-corrected chi connectivity index (χ2v) is 6.28.